The Balaban J connectivity index is 0.00000243. The summed E-state index contributed by atoms with van der Waals surface area (Å²) >= 11 is 0. The molecular formula is C18H21IN4O3. The monoisotopic (exact) mass is 468 g/mol. The molecule has 2 aromatic carbocycles. The van der Waals surface area contributed by atoms with Crippen molar-refractivity contribution in [1.82, 2.24) is 0 Å². The van der Waals surface area contributed by atoms with Crippen molar-refractivity contribution < 1.29 is 9.66 Å². The van der Waals surface area contributed by atoms with E-state index in [1.54, 1.807) is 12.1 Å². The number of hydrogen-bond donors (Lipinski definition) is 2. The van der Waals surface area contributed by atoms with E-state index in [1.165, 1.54) is 30.7 Å². The minimum absolute atomic E-state index is 0. The van der Waals surface area contributed by atoms with Crippen LogP contribution >= 0.6 is 24.0 Å². The van der Waals surface area contributed by atoms with Gasteiger partial charge in [0.15, 0.2) is 11.7 Å². The van der Waals surface area contributed by atoms with Gasteiger partial charge < -0.3 is 15.8 Å². The molecule has 0 unspecified atom stereocenters. The number of ether oxygens (including phenoxy) is 1. The van der Waals surface area contributed by atoms with Crippen molar-refractivity contribution in [2.45, 2.75) is 25.8 Å². The Morgan fingerprint density at radius 2 is 2.04 bits per heavy atom. The van der Waals surface area contributed by atoms with Crippen LogP contribution in [-0.4, -0.2) is 18.0 Å². The van der Waals surface area contributed by atoms with Crippen LogP contribution in [-0.2, 0) is 19.4 Å². The Kier molecular flexibility index (Phi) is 6.78. The molecule has 0 saturated heterocycles. The first-order valence-electron chi connectivity index (χ1n) is 8.07. The number of halogens is 1. The Bertz CT molecular complexity index is 839. The van der Waals surface area contributed by atoms with Crippen LogP contribution in [0.4, 0.5) is 11.4 Å². The van der Waals surface area contributed by atoms with Crippen LogP contribution in [0.1, 0.15) is 23.1 Å². The number of aliphatic imine (C=N–C) groups is 1. The number of rotatable bonds is 5. The number of benzene rings is 2. The van der Waals surface area contributed by atoms with Gasteiger partial charge >= 0.3 is 5.69 Å². The van der Waals surface area contributed by atoms with Crippen molar-refractivity contribution in [2.75, 3.05) is 12.4 Å². The van der Waals surface area contributed by atoms with Crippen LogP contribution in [0.15, 0.2) is 41.4 Å². The molecule has 0 spiro atoms. The van der Waals surface area contributed by atoms with Gasteiger partial charge in [0.05, 0.1) is 18.6 Å². The molecule has 26 heavy (non-hydrogen) atoms. The summed E-state index contributed by atoms with van der Waals surface area (Å²) in [6.45, 7) is 0.245. The van der Waals surface area contributed by atoms with Crippen LogP contribution < -0.4 is 15.8 Å². The highest BCUT2D eigenvalue weighted by atomic mass is 127. The second-order valence-electron chi connectivity index (χ2n) is 5.93. The summed E-state index contributed by atoms with van der Waals surface area (Å²) in [7, 11) is 1.40. The maximum atomic E-state index is 11.1. The topological polar surface area (TPSA) is 103 Å². The SMILES string of the molecule is COc1ccc(CN=C(N)Nc2ccc3c(c2)CCC3)cc1[N+](=O)[O-].I. The maximum Gasteiger partial charge on any atom is 0.311 e. The zero-order chi connectivity index (χ0) is 17.8. The van der Waals surface area contributed by atoms with E-state index in [1.807, 2.05) is 6.07 Å². The Morgan fingerprint density at radius 1 is 1.27 bits per heavy atom. The standard InChI is InChI=1S/C18H20N4O3.HI/c1-25-17-8-5-12(9-16(17)22(23)24)11-20-18(19)21-15-7-6-13-3-2-4-14(13)10-15;/h5-10H,2-4,11H2,1H3,(H3,19,20,21);1H. The number of nitrogens with zero attached hydrogens (tertiary/aromatic N) is 2. The molecule has 7 nitrogen and oxygen atoms in total. The lowest BCUT2D eigenvalue weighted by atomic mass is 10.1. The molecule has 0 saturated carbocycles. The van der Waals surface area contributed by atoms with E-state index in [0.29, 0.717) is 5.56 Å². The van der Waals surface area contributed by atoms with Gasteiger partial charge in [0.1, 0.15) is 0 Å². The Morgan fingerprint density at radius 3 is 2.77 bits per heavy atom. The fourth-order valence-corrected chi connectivity index (χ4v) is 2.99. The normalized spacial score (nSPS) is 12.9. The van der Waals surface area contributed by atoms with Gasteiger partial charge in [-0.3, -0.25) is 10.1 Å². The van der Waals surface area contributed by atoms with Crippen LogP contribution in [0, 0.1) is 10.1 Å². The lowest BCUT2D eigenvalue weighted by Crippen LogP contribution is -2.22. The zero-order valence-corrected chi connectivity index (χ0v) is 16.7. The minimum Gasteiger partial charge on any atom is -0.490 e. The van der Waals surface area contributed by atoms with Crippen LogP contribution in [0.3, 0.4) is 0 Å². The number of nitrogens with two attached hydrogens (primary N) is 1. The molecule has 0 atom stereocenters. The first-order chi connectivity index (χ1) is 12.1. The van der Waals surface area contributed by atoms with Gasteiger partial charge in [-0.05, 0) is 54.2 Å². The minimum atomic E-state index is -0.474. The van der Waals surface area contributed by atoms with Gasteiger partial charge in [0, 0.05) is 11.8 Å². The number of anilines is 1. The number of nitro benzene ring substituents is 1. The quantitative estimate of drug-likeness (QED) is 0.229. The maximum absolute atomic E-state index is 11.1. The average molecular weight is 468 g/mol. The highest BCUT2D eigenvalue weighted by Crippen LogP contribution is 2.28. The summed E-state index contributed by atoms with van der Waals surface area (Å²) in [6.07, 6.45) is 3.42. The van der Waals surface area contributed by atoms with Crippen molar-refractivity contribution in [3.05, 3.63) is 63.2 Å². The van der Waals surface area contributed by atoms with Gasteiger partial charge in [-0.25, -0.2) is 4.99 Å². The summed E-state index contributed by atoms with van der Waals surface area (Å²) < 4.78 is 4.99. The average Bonchev–Trinajstić information content (AvgIpc) is 3.07. The first kappa shape index (κ1) is 20.0. The number of nitrogens with one attached hydrogen (secondary N) is 1. The molecule has 0 bridgehead atoms. The molecule has 0 heterocycles. The van der Waals surface area contributed by atoms with Gasteiger partial charge in [-0.15, -0.1) is 24.0 Å². The van der Waals surface area contributed by atoms with Crippen molar-refractivity contribution in [1.29, 1.82) is 0 Å². The summed E-state index contributed by atoms with van der Waals surface area (Å²) in [4.78, 5) is 14.8. The van der Waals surface area contributed by atoms with Crippen molar-refractivity contribution in [3.8, 4) is 5.75 Å². The first-order valence-corrected chi connectivity index (χ1v) is 8.07. The molecule has 3 N–H and O–H groups in total. The third kappa shape index (κ3) is 4.63. The summed E-state index contributed by atoms with van der Waals surface area (Å²) in [5, 5.41) is 14.1. The van der Waals surface area contributed by atoms with Crippen LogP contribution in [0.5, 0.6) is 5.75 Å². The predicted molar refractivity (Wildman–Crippen MR) is 112 cm³/mol. The van der Waals surface area contributed by atoms with E-state index >= 15 is 0 Å². The lowest BCUT2D eigenvalue weighted by Gasteiger charge is -2.08. The van der Waals surface area contributed by atoms with Crippen LogP contribution in [0.2, 0.25) is 0 Å². The number of fused-ring (bicyclic) bond motifs is 1. The van der Waals surface area contributed by atoms with E-state index in [4.69, 9.17) is 10.5 Å². The zero-order valence-electron chi connectivity index (χ0n) is 14.4. The summed E-state index contributed by atoms with van der Waals surface area (Å²) in [5.41, 5.74) is 10.2. The van der Waals surface area contributed by atoms with E-state index in [9.17, 15) is 10.1 Å². The van der Waals surface area contributed by atoms with E-state index in [0.717, 1.165) is 18.5 Å². The van der Waals surface area contributed by atoms with Gasteiger partial charge in [0.2, 0.25) is 0 Å². The van der Waals surface area contributed by atoms with Gasteiger partial charge in [0.25, 0.3) is 0 Å². The molecule has 8 heteroatoms. The number of methoxy groups -OCH3 is 1. The second kappa shape index (κ2) is 8.84. The highest BCUT2D eigenvalue weighted by Gasteiger charge is 2.15. The van der Waals surface area contributed by atoms with E-state index in [2.05, 4.69) is 22.4 Å². The van der Waals surface area contributed by atoms with Crippen LogP contribution in [0.25, 0.3) is 0 Å². The third-order valence-corrected chi connectivity index (χ3v) is 4.24. The number of hydrogen-bond acceptors (Lipinski definition) is 4. The summed E-state index contributed by atoms with van der Waals surface area (Å²) in [5.74, 6) is 0.499. The molecule has 0 aliphatic heterocycles. The fourth-order valence-electron chi connectivity index (χ4n) is 2.99. The fraction of sp³-hybridized carbons (Fsp3) is 0.278. The molecule has 0 aromatic heterocycles. The highest BCUT2D eigenvalue weighted by molar-refractivity contribution is 14.0. The Labute approximate surface area is 168 Å². The van der Waals surface area contributed by atoms with Crippen molar-refractivity contribution >= 4 is 41.3 Å². The molecule has 1 aliphatic carbocycles. The second-order valence-corrected chi connectivity index (χ2v) is 5.93. The number of nitro groups is 1. The van der Waals surface area contributed by atoms with Gasteiger partial charge in [-0.1, -0.05) is 12.1 Å². The molecule has 138 valence electrons. The number of aryl methyl sites for hydroxylation is 2. The third-order valence-electron chi connectivity index (χ3n) is 4.24. The molecule has 1 aliphatic rings. The van der Waals surface area contributed by atoms with E-state index in [-0.39, 0.29) is 47.9 Å². The molecule has 0 fully saturated rings. The molecule has 3 rings (SSSR count). The molecule has 0 radical (unpaired) electrons. The molecular weight excluding hydrogens is 447 g/mol. The number of guanidine groups is 1. The Hall–Kier alpha value is -2.36. The molecule has 0 amide bonds. The van der Waals surface area contributed by atoms with E-state index < -0.39 is 4.92 Å². The summed E-state index contributed by atoms with van der Waals surface area (Å²) in [6, 6.07) is 11.0. The lowest BCUT2D eigenvalue weighted by molar-refractivity contribution is -0.385. The van der Waals surface area contributed by atoms with Crippen molar-refractivity contribution in [2.24, 2.45) is 10.7 Å². The molecule has 2 aromatic rings. The predicted octanol–water partition coefficient (Wildman–Crippen LogP) is 3.64. The van der Waals surface area contributed by atoms with Gasteiger partial charge in [-0.2, -0.15) is 0 Å². The largest absolute Gasteiger partial charge is 0.490 e. The smallest absolute Gasteiger partial charge is 0.311 e. The van der Waals surface area contributed by atoms with Crippen molar-refractivity contribution in [3.63, 3.8) is 0 Å².